The fourth-order valence-electron chi connectivity index (χ4n) is 2.98. The SMILES string of the molecule is COC(=O)C1=C(C)NCC(C)(C(=O)O)C1c1cccc([N+](=O)[O-])c1. The molecular formula is C16H18N2O6. The molecule has 0 radical (unpaired) electrons. The van der Waals surface area contributed by atoms with Gasteiger partial charge in [0.25, 0.3) is 5.69 Å². The van der Waals surface area contributed by atoms with Crippen molar-refractivity contribution < 1.29 is 24.4 Å². The lowest BCUT2D eigenvalue weighted by Crippen LogP contribution is -2.49. The maximum atomic E-state index is 12.2. The summed E-state index contributed by atoms with van der Waals surface area (Å²) < 4.78 is 4.80. The standard InChI is InChI=1S/C16H18N2O6/c1-9-12(14(19)24-3)13(16(2,8-17-9)15(20)21)10-5-4-6-11(7-10)18(22)23/h4-7,13,17H,8H2,1-3H3,(H,20,21). The number of esters is 1. The van der Waals surface area contributed by atoms with Crippen LogP contribution in [-0.4, -0.2) is 35.6 Å². The predicted octanol–water partition coefficient (Wildman–Crippen LogP) is 1.82. The minimum atomic E-state index is -1.36. The number of hydrogen-bond acceptors (Lipinski definition) is 6. The van der Waals surface area contributed by atoms with Crippen molar-refractivity contribution in [2.45, 2.75) is 19.8 Å². The number of allylic oxidation sites excluding steroid dienone is 1. The molecule has 0 aliphatic carbocycles. The zero-order chi connectivity index (χ0) is 18.1. The van der Waals surface area contributed by atoms with E-state index in [1.807, 2.05) is 0 Å². The zero-order valence-corrected chi connectivity index (χ0v) is 13.5. The van der Waals surface area contributed by atoms with Crippen LogP contribution in [0, 0.1) is 15.5 Å². The summed E-state index contributed by atoms with van der Waals surface area (Å²) >= 11 is 0. The van der Waals surface area contributed by atoms with Crippen molar-refractivity contribution in [1.29, 1.82) is 0 Å². The molecule has 0 aromatic heterocycles. The largest absolute Gasteiger partial charge is 0.481 e. The minimum absolute atomic E-state index is 0.0853. The average Bonchev–Trinajstić information content (AvgIpc) is 2.55. The third-order valence-corrected chi connectivity index (χ3v) is 4.36. The Kier molecular flexibility index (Phi) is 4.59. The van der Waals surface area contributed by atoms with Gasteiger partial charge in [0.05, 0.1) is 23.0 Å². The number of non-ortho nitro benzene ring substituents is 1. The highest BCUT2D eigenvalue weighted by Gasteiger charge is 2.49. The monoisotopic (exact) mass is 334 g/mol. The fourth-order valence-corrected chi connectivity index (χ4v) is 2.98. The molecule has 0 fully saturated rings. The van der Waals surface area contributed by atoms with Gasteiger partial charge in [0.15, 0.2) is 0 Å². The Hall–Kier alpha value is -2.90. The van der Waals surface area contributed by atoms with Crippen molar-refractivity contribution in [2.24, 2.45) is 5.41 Å². The summed E-state index contributed by atoms with van der Waals surface area (Å²) in [6.07, 6.45) is 0. The van der Waals surface area contributed by atoms with Gasteiger partial charge in [0, 0.05) is 30.3 Å². The highest BCUT2D eigenvalue weighted by Crippen LogP contribution is 2.45. The second kappa shape index (κ2) is 6.31. The van der Waals surface area contributed by atoms with Gasteiger partial charge in [-0.3, -0.25) is 14.9 Å². The van der Waals surface area contributed by atoms with Crippen LogP contribution < -0.4 is 5.32 Å². The molecule has 8 nitrogen and oxygen atoms in total. The number of carbonyl (C=O) groups is 2. The molecule has 0 bridgehead atoms. The first-order valence-electron chi connectivity index (χ1n) is 7.23. The Morgan fingerprint density at radius 2 is 2.12 bits per heavy atom. The summed E-state index contributed by atoms with van der Waals surface area (Å²) in [7, 11) is 1.21. The number of carboxylic acids is 1. The van der Waals surface area contributed by atoms with Gasteiger partial charge in [-0.2, -0.15) is 0 Å². The van der Waals surface area contributed by atoms with Crippen LogP contribution in [0.25, 0.3) is 0 Å². The Labute approximate surface area is 138 Å². The molecule has 1 aliphatic rings. The number of carbonyl (C=O) groups excluding carboxylic acids is 1. The zero-order valence-electron chi connectivity index (χ0n) is 13.5. The molecule has 24 heavy (non-hydrogen) atoms. The lowest BCUT2D eigenvalue weighted by atomic mass is 9.67. The summed E-state index contributed by atoms with van der Waals surface area (Å²) in [4.78, 5) is 34.6. The number of nitrogens with zero attached hydrogens (tertiary/aromatic N) is 1. The van der Waals surface area contributed by atoms with Crippen molar-refractivity contribution in [2.75, 3.05) is 13.7 Å². The molecule has 2 unspecified atom stereocenters. The maximum Gasteiger partial charge on any atom is 0.336 e. The number of ether oxygens (including phenoxy) is 1. The van der Waals surface area contributed by atoms with Crippen molar-refractivity contribution >= 4 is 17.6 Å². The van der Waals surface area contributed by atoms with E-state index in [1.54, 1.807) is 13.0 Å². The molecule has 2 atom stereocenters. The van der Waals surface area contributed by atoms with Gasteiger partial charge in [-0.05, 0) is 19.4 Å². The van der Waals surface area contributed by atoms with Crippen LogP contribution in [0.15, 0.2) is 35.5 Å². The highest BCUT2D eigenvalue weighted by molar-refractivity contribution is 5.94. The van der Waals surface area contributed by atoms with Gasteiger partial charge >= 0.3 is 11.9 Å². The lowest BCUT2D eigenvalue weighted by molar-refractivity contribution is -0.384. The summed E-state index contributed by atoms with van der Waals surface area (Å²) in [6.45, 7) is 3.24. The molecular weight excluding hydrogens is 316 g/mol. The normalized spacial score (nSPS) is 23.4. The Morgan fingerprint density at radius 1 is 1.46 bits per heavy atom. The molecule has 1 aromatic carbocycles. The van der Waals surface area contributed by atoms with Crippen LogP contribution in [0.2, 0.25) is 0 Å². The Bertz CT molecular complexity index is 742. The first-order chi connectivity index (χ1) is 11.2. The van der Waals surface area contributed by atoms with Gasteiger partial charge in [-0.15, -0.1) is 0 Å². The molecule has 0 amide bonds. The minimum Gasteiger partial charge on any atom is -0.481 e. The van der Waals surface area contributed by atoms with Crippen LogP contribution in [0.1, 0.15) is 25.3 Å². The van der Waals surface area contributed by atoms with Crippen LogP contribution in [0.5, 0.6) is 0 Å². The third kappa shape index (κ3) is 2.82. The van der Waals surface area contributed by atoms with Gasteiger partial charge < -0.3 is 15.2 Å². The number of benzene rings is 1. The third-order valence-electron chi connectivity index (χ3n) is 4.36. The van der Waals surface area contributed by atoms with E-state index in [9.17, 15) is 24.8 Å². The van der Waals surface area contributed by atoms with E-state index < -0.39 is 28.2 Å². The van der Waals surface area contributed by atoms with Crippen molar-refractivity contribution in [3.63, 3.8) is 0 Å². The highest BCUT2D eigenvalue weighted by atomic mass is 16.6. The van der Waals surface area contributed by atoms with Gasteiger partial charge in [0.2, 0.25) is 0 Å². The number of nitro benzene ring substituents is 1. The van der Waals surface area contributed by atoms with Crippen LogP contribution >= 0.6 is 0 Å². The molecule has 1 heterocycles. The Balaban J connectivity index is 2.71. The summed E-state index contributed by atoms with van der Waals surface area (Å²) in [5.74, 6) is -2.65. The number of hydrogen-bond donors (Lipinski definition) is 2. The molecule has 1 aliphatic heterocycles. The second-order valence-corrected chi connectivity index (χ2v) is 5.89. The van der Waals surface area contributed by atoms with Gasteiger partial charge in [-0.1, -0.05) is 12.1 Å². The fraction of sp³-hybridized carbons (Fsp3) is 0.375. The van der Waals surface area contributed by atoms with Crippen molar-refractivity contribution in [1.82, 2.24) is 5.32 Å². The Morgan fingerprint density at radius 3 is 2.67 bits per heavy atom. The average molecular weight is 334 g/mol. The number of methoxy groups -OCH3 is 1. The van der Waals surface area contributed by atoms with Crippen LogP contribution in [0.3, 0.4) is 0 Å². The number of rotatable bonds is 4. The number of carboxylic acid groups (broad SMARTS) is 1. The molecule has 0 spiro atoms. The van der Waals surface area contributed by atoms with E-state index in [-0.39, 0.29) is 17.8 Å². The molecule has 2 rings (SSSR count). The molecule has 0 saturated carbocycles. The van der Waals surface area contributed by atoms with E-state index in [0.717, 1.165) is 0 Å². The molecule has 0 saturated heterocycles. The van der Waals surface area contributed by atoms with E-state index in [4.69, 9.17) is 4.74 Å². The number of aliphatic carboxylic acids is 1. The van der Waals surface area contributed by atoms with Crippen molar-refractivity contribution in [3.8, 4) is 0 Å². The van der Waals surface area contributed by atoms with E-state index >= 15 is 0 Å². The van der Waals surface area contributed by atoms with Gasteiger partial charge in [0.1, 0.15) is 0 Å². The summed E-state index contributed by atoms with van der Waals surface area (Å²) in [5, 5.41) is 23.7. The molecule has 128 valence electrons. The summed E-state index contributed by atoms with van der Waals surface area (Å²) in [5.41, 5.74) is -0.486. The van der Waals surface area contributed by atoms with Crippen LogP contribution in [-0.2, 0) is 14.3 Å². The first-order valence-corrected chi connectivity index (χ1v) is 7.23. The molecule has 2 N–H and O–H groups in total. The number of nitro groups is 1. The predicted molar refractivity (Wildman–Crippen MR) is 84.3 cm³/mol. The van der Waals surface area contributed by atoms with E-state index in [2.05, 4.69) is 5.32 Å². The summed E-state index contributed by atoms with van der Waals surface area (Å²) in [6, 6.07) is 5.67. The van der Waals surface area contributed by atoms with Crippen LogP contribution in [0.4, 0.5) is 5.69 Å². The molecule has 1 aromatic rings. The van der Waals surface area contributed by atoms with Gasteiger partial charge in [-0.25, -0.2) is 4.79 Å². The first kappa shape index (κ1) is 17.5. The number of nitrogens with one attached hydrogen (secondary N) is 1. The lowest BCUT2D eigenvalue weighted by Gasteiger charge is -2.40. The van der Waals surface area contributed by atoms with E-state index in [1.165, 1.54) is 32.2 Å². The second-order valence-electron chi connectivity index (χ2n) is 5.89. The quantitative estimate of drug-likeness (QED) is 0.489. The maximum absolute atomic E-state index is 12.2. The van der Waals surface area contributed by atoms with E-state index in [0.29, 0.717) is 11.3 Å². The van der Waals surface area contributed by atoms with Crippen molar-refractivity contribution in [3.05, 3.63) is 51.2 Å². The smallest absolute Gasteiger partial charge is 0.336 e. The topological polar surface area (TPSA) is 119 Å². The molecule has 8 heteroatoms.